The predicted molar refractivity (Wildman–Crippen MR) is 63.1 cm³/mol. The van der Waals surface area contributed by atoms with E-state index in [4.69, 9.17) is 9.84 Å². The fraction of sp³-hybridized carbons (Fsp3) is 0.538. The second-order valence-electron chi connectivity index (χ2n) is 4.65. The van der Waals surface area contributed by atoms with E-state index in [0.29, 0.717) is 25.3 Å². The van der Waals surface area contributed by atoms with E-state index >= 15 is 0 Å². The topological polar surface area (TPSA) is 32.7 Å². The summed E-state index contributed by atoms with van der Waals surface area (Å²) in [4.78, 5) is 2.03. The van der Waals surface area contributed by atoms with E-state index in [0.717, 1.165) is 6.07 Å². The number of benzene rings is 1. The molecule has 0 spiro atoms. The van der Waals surface area contributed by atoms with Gasteiger partial charge in [-0.3, -0.25) is 4.90 Å². The van der Waals surface area contributed by atoms with Crippen LogP contribution in [0.25, 0.3) is 0 Å². The minimum atomic E-state index is -0.570. The van der Waals surface area contributed by atoms with Crippen molar-refractivity contribution in [3.8, 4) is 0 Å². The molecule has 5 heteroatoms. The molecule has 2 atom stereocenters. The predicted octanol–water partition coefficient (Wildman–Crippen LogP) is 1.55. The average molecular weight is 257 g/mol. The van der Waals surface area contributed by atoms with E-state index in [-0.39, 0.29) is 18.8 Å². The molecule has 1 aromatic rings. The highest BCUT2D eigenvalue weighted by molar-refractivity contribution is 5.18. The third-order valence-electron chi connectivity index (χ3n) is 3.23. The Balaban J connectivity index is 2.07. The Morgan fingerprint density at radius 3 is 2.89 bits per heavy atom. The van der Waals surface area contributed by atoms with Crippen LogP contribution in [0.2, 0.25) is 0 Å². The maximum atomic E-state index is 13.6. The molecule has 0 aliphatic carbocycles. The van der Waals surface area contributed by atoms with Gasteiger partial charge in [0, 0.05) is 30.8 Å². The van der Waals surface area contributed by atoms with Crippen molar-refractivity contribution in [1.29, 1.82) is 0 Å². The number of nitrogens with zero attached hydrogens (tertiary/aromatic N) is 1. The maximum absolute atomic E-state index is 13.6. The molecule has 100 valence electrons. The van der Waals surface area contributed by atoms with Gasteiger partial charge < -0.3 is 9.84 Å². The molecule has 1 aromatic carbocycles. The van der Waals surface area contributed by atoms with Crippen molar-refractivity contribution in [2.75, 3.05) is 19.8 Å². The van der Waals surface area contributed by atoms with Crippen LogP contribution in [0.15, 0.2) is 18.2 Å². The first-order valence-electron chi connectivity index (χ1n) is 6.00. The van der Waals surface area contributed by atoms with Gasteiger partial charge in [-0.25, -0.2) is 8.78 Å². The van der Waals surface area contributed by atoms with Crippen molar-refractivity contribution < 1.29 is 18.6 Å². The molecule has 1 N–H and O–H groups in total. The monoisotopic (exact) mass is 257 g/mol. The van der Waals surface area contributed by atoms with Gasteiger partial charge in [-0.2, -0.15) is 0 Å². The zero-order valence-electron chi connectivity index (χ0n) is 10.3. The van der Waals surface area contributed by atoms with E-state index in [2.05, 4.69) is 0 Å². The summed E-state index contributed by atoms with van der Waals surface area (Å²) < 4.78 is 31.8. The molecular formula is C13H17F2NO2. The second kappa shape index (κ2) is 5.73. The van der Waals surface area contributed by atoms with Gasteiger partial charge >= 0.3 is 0 Å². The lowest BCUT2D eigenvalue weighted by atomic mass is 10.1. The van der Waals surface area contributed by atoms with Crippen LogP contribution in [0.1, 0.15) is 12.5 Å². The lowest BCUT2D eigenvalue weighted by Crippen LogP contribution is -2.48. The molecule has 0 aromatic heterocycles. The van der Waals surface area contributed by atoms with E-state index in [9.17, 15) is 8.78 Å². The van der Waals surface area contributed by atoms with Crippen molar-refractivity contribution >= 4 is 0 Å². The van der Waals surface area contributed by atoms with Gasteiger partial charge in [0.1, 0.15) is 11.6 Å². The number of ether oxygens (including phenoxy) is 1. The molecule has 1 saturated heterocycles. The smallest absolute Gasteiger partial charge is 0.130 e. The van der Waals surface area contributed by atoms with Crippen LogP contribution in [-0.4, -0.2) is 41.9 Å². The molecule has 18 heavy (non-hydrogen) atoms. The van der Waals surface area contributed by atoms with Gasteiger partial charge in [-0.1, -0.05) is 6.07 Å². The average Bonchev–Trinajstić information content (AvgIpc) is 2.35. The first-order chi connectivity index (χ1) is 8.60. The normalized spacial score (nSPS) is 25.3. The summed E-state index contributed by atoms with van der Waals surface area (Å²) in [6.07, 6.45) is -0.232. The minimum absolute atomic E-state index is 0.0465. The van der Waals surface area contributed by atoms with Crippen LogP contribution >= 0.6 is 0 Å². The van der Waals surface area contributed by atoms with Crippen molar-refractivity contribution in [2.24, 2.45) is 0 Å². The molecule has 1 fully saturated rings. The van der Waals surface area contributed by atoms with Gasteiger partial charge in [0.05, 0.1) is 19.3 Å². The van der Waals surface area contributed by atoms with Gasteiger partial charge in [-0.15, -0.1) is 0 Å². The zero-order valence-corrected chi connectivity index (χ0v) is 10.3. The first kappa shape index (κ1) is 13.4. The van der Waals surface area contributed by atoms with Crippen LogP contribution < -0.4 is 0 Å². The molecule has 1 aliphatic rings. The Bertz CT molecular complexity index is 414. The molecule has 0 saturated carbocycles. The maximum Gasteiger partial charge on any atom is 0.130 e. The van der Waals surface area contributed by atoms with Gasteiger partial charge in [0.25, 0.3) is 0 Å². The van der Waals surface area contributed by atoms with E-state index in [1.807, 2.05) is 11.8 Å². The lowest BCUT2D eigenvalue weighted by molar-refractivity contribution is -0.0807. The third-order valence-corrected chi connectivity index (χ3v) is 3.23. The van der Waals surface area contributed by atoms with Crippen LogP contribution in [0.4, 0.5) is 8.78 Å². The van der Waals surface area contributed by atoms with Gasteiger partial charge in [-0.05, 0) is 13.0 Å². The molecule has 1 heterocycles. The van der Waals surface area contributed by atoms with Crippen LogP contribution in [-0.2, 0) is 11.3 Å². The summed E-state index contributed by atoms with van der Waals surface area (Å²) in [5, 5.41) is 9.08. The van der Waals surface area contributed by atoms with E-state index in [1.54, 1.807) is 0 Å². The van der Waals surface area contributed by atoms with Crippen LogP contribution in [0.3, 0.4) is 0 Å². The molecule has 2 rings (SSSR count). The Kier molecular flexibility index (Phi) is 4.27. The number of halogens is 2. The van der Waals surface area contributed by atoms with Crippen molar-refractivity contribution in [3.05, 3.63) is 35.4 Å². The first-order valence-corrected chi connectivity index (χ1v) is 6.00. The van der Waals surface area contributed by atoms with E-state index < -0.39 is 11.6 Å². The quantitative estimate of drug-likeness (QED) is 0.891. The van der Waals surface area contributed by atoms with Crippen molar-refractivity contribution in [2.45, 2.75) is 25.6 Å². The Morgan fingerprint density at radius 1 is 1.44 bits per heavy atom. The summed E-state index contributed by atoms with van der Waals surface area (Å²) in [6, 6.07) is 3.76. The molecule has 0 bridgehead atoms. The summed E-state index contributed by atoms with van der Waals surface area (Å²) in [7, 11) is 0. The van der Waals surface area contributed by atoms with E-state index in [1.165, 1.54) is 12.1 Å². The van der Waals surface area contributed by atoms with Crippen LogP contribution in [0, 0.1) is 11.6 Å². The second-order valence-corrected chi connectivity index (χ2v) is 4.65. The molecule has 1 aliphatic heterocycles. The molecule has 0 amide bonds. The summed E-state index contributed by atoms with van der Waals surface area (Å²) in [5.74, 6) is -1.10. The number of aliphatic hydroxyl groups excluding tert-OH is 1. The molecule has 0 radical (unpaired) electrons. The highest BCUT2D eigenvalue weighted by Gasteiger charge is 2.26. The zero-order chi connectivity index (χ0) is 13.1. The number of rotatable bonds is 3. The number of morpholine rings is 1. The molecular weight excluding hydrogens is 240 g/mol. The molecule has 3 nitrogen and oxygen atoms in total. The summed E-state index contributed by atoms with van der Waals surface area (Å²) in [5.41, 5.74) is 0.460. The largest absolute Gasteiger partial charge is 0.394 e. The van der Waals surface area contributed by atoms with Crippen molar-refractivity contribution in [1.82, 2.24) is 4.90 Å². The highest BCUT2D eigenvalue weighted by atomic mass is 19.1. The fourth-order valence-electron chi connectivity index (χ4n) is 2.07. The third kappa shape index (κ3) is 3.04. The summed E-state index contributed by atoms with van der Waals surface area (Å²) in [6.45, 7) is 3.39. The molecule has 2 unspecified atom stereocenters. The highest BCUT2D eigenvalue weighted by Crippen LogP contribution is 2.17. The number of hydrogen-bond donors (Lipinski definition) is 1. The summed E-state index contributed by atoms with van der Waals surface area (Å²) >= 11 is 0. The Morgan fingerprint density at radius 2 is 2.22 bits per heavy atom. The SMILES string of the molecule is CC1COC(CO)CN1Cc1ccc(F)cc1F. The fourth-order valence-corrected chi connectivity index (χ4v) is 2.07. The number of aliphatic hydroxyl groups is 1. The Labute approximate surface area is 105 Å². The van der Waals surface area contributed by atoms with Gasteiger partial charge in [0.2, 0.25) is 0 Å². The number of hydrogen-bond acceptors (Lipinski definition) is 3. The standard InChI is InChI=1S/C13H17F2NO2/c1-9-8-18-12(7-17)6-16(9)5-10-2-3-11(14)4-13(10)15/h2-4,9,12,17H,5-8H2,1H3. The van der Waals surface area contributed by atoms with Gasteiger partial charge in [0.15, 0.2) is 0 Å². The minimum Gasteiger partial charge on any atom is -0.394 e. The lowest BCUT2D eigenvalue weighted by Gasteiger charge is -2.37. The Hall–Kier alpha value is -1.04. The van der Waals surface area contributed by atoms with Crippen molar-refractivity contribution in [3.63, 3.8) is 0 Å². The van der Waals surface area contributed by atoms with Crippen LogP contribution in [0.5, 0.6) is 0 Å².